The summed E-state index contributed by atoms with van der Waals surface area (Å²) in [4.78, 5) is 40.8. The van der Waals surface area contributed by atoms with Gasteiger partial charge in [0.25, 0.3) is 0 Å². The number of nitrogens with zero attached hydrogens (tertiary/aromatic N) is 1. The maximum absolute atomic E-state index is 14.0. The Morgan fingerprint density at radius 2 is 1.78 bits per heavy atom. The molecule has 0 unspecified atom stereocenters. The average Bonchev–Trinajstić information content (AvgIpc) is 3.51. The molecule has 7 aliphatic rings. The minimum Gasteiger partial charge on any atom is -0.444 e. The number of amides is 1. The SMILES string of the molecule is CC(C)(C)OC(=O)NC1CC2(CC(Cc3ccc(N4C[C@@H]5C[C@H]6[C@@H]7CCC8=CC(=O)C=C[C@]8(C)[C@H]7[C@@H](O)C[C@]6(C)[C@]5(C(=O)CO)C4)cc3)C2)C1. The smallest absolute Gasteiger partial charge is 0.407 e. The summed E-state index contributed by atoms with van der Waals surface area (Å²) >= 11 is 0. The van der Waals surface area contributed by atoms with E-state index in [4.69, 9.17) is 4.74 Å². The van der Waals surface area contributed by atoms with Gasteiger partial charge >= 0.3 is 6.09 Å². The van der Waals surface area contributed by atoms with Gasteiger partial charge in [0.1, 0.15) is 12.2 Å². The van der Waals surface area contributed by atoms with Crippen molar-refractivity contribution in [3.8, 4) is 0 Å². The molecule has 0 bridgehead atoms. The fourth-order valence-electron chi connectivity index (χ4n) is 13.1. The minimum atomic E-state index is -0.703. The van der Waals surface area contributed by atoms with Gasteiger partial charge in [-0.3, -0.25) is 9.59 Å². The van der Waals surface area contributed by atoms with E-state index >= 15 is 0 Å². The van der Waals surface area contributed by atoms with Gasteiger partial charge < -0.3 is 25.2 Å². The lowest BCUT2D eigenvalue weighted by atomic mass is 9.44. The molecule has 6 aliphatic carbocycles. The normalized spacial score (nSPS) is 42.8. The summed E-state index contributed by atoms with van der Waals surface area (Å²) < 4.78 is 5.42. The molecule has 3 N–H and O–H groups in total. The van der Waals surface area contributed by atoms with E-state index in [1.807, 2.05) is 26.8 Å². The topological polar surface area (TPSA) is 116 Å². The molecule has 6 fully saturated rings. The van der Waals surface area contributed by atoms with Gasteiger partial charge in [-0.15, -0.1) is 0 Å². The molecule has 0 radical (unpaired) electrons. The highest BCUT2D eigenvalue weighted by Gasteiger charge is 2.73. The molecule has 1 aliphatic heterocycles. The molecule has 8 nitrogen and oxygen atoms in total. The van der Waals surface area contributed by atoms with E-state index in [1.54, 1.807) is 12.2 Å². The van der Waals surface area contributed by atoms with E-state index in [-0.39, 0.29) is 52.8 Å². The second-order valence-electron chi connectivity index (χ2n) is 19.0. The number of Topliss-reactive ketones (excluding diaryl/α,β-unsaturated/α-hetero) is 1. The molecule has 1 saturated heterocycles. The van der Waals surface area contributed by atoms with Crippen molar-refractivity contribution >= 4 is 23.3 Å². The van der Waals surface area contributed by atoms with Crippen molar-refractivity contribution in [3.05, 3.63) is 53.6 Å². The first kappa shape index (κ1) is 34.1. The largest absolute Gasteiger partial charge is 0.444 e. The highest BCUT2D eigenvalue weighted by Crippen LogP contribution is 2.72. The zero-order chi connectivity index (χ0) is 35.4. The number of carbonyl (C=O) groups excluding carboxylic acids is 3. The number of hydrogen-bond donors (Lipinski definition) is 3. The van der Waals surface area contributed by atoms with E-state index < -0.39 is 29.1 Å². The van der Waals surface area contributed by atoms with Crippen molar-refractivity contribution in [1.82, 2.24) is 5.32 Å². The van der Waals surface area contributed by atoms with Gasteiger partial charge in [-0.2, -0.15) is 0 Å². The number of nitrogens with one attached hydrogen (secondary N) is 1. The quantitative estimate of drug-likeness (QED) is 0.328. The van der Waals surface area contributed by atoms with Gasteiger partial charge in [0.15, 0.2) is 11.6 Å². The number of benzene rings is 1. The molecule has 8 heteroatoms. The first-order chi connectivity index (χ1) is 23.6. The van der Waals surface area contributed by atoms with Crippen molar-refractivity contribution in [2.24, 2.45) is 51.2 Å². The van der Waals surface area contributed by atoms with E-state index in [0.717, 1.165) is 56.3 Å². The van der Waals surface area contributed by atoms with Crippen molar-refractivity contribution < 1.29 is 29.3 Å². The lowest BCUT2D eigenvalue weighted by Gasteiger charge is -2.60. The molecule has 5 saturated carbocycles. The Bertz CT molecular complexity index is 1630. The first-order valence-electron chi connectivity index (χ1n) is 19.2. The zero-order valence-corrected chi connectivity index (χ0v) is 30.5. The van der Waals surface area contributed by atoms with Crippen LogP contribution < -0.4 is 10.2 Å². The third-order valence-corrected chi connectivity index (χ3v) is 15.0. The van der Waals surface area contributed by atoms with Crippen LogP contribution in [-0.4, -0.2) is 65.3 Å². The first-order valence-corrected chi connectivity index (χ1v) is 19.2. The minimum absolute atomic E-state index is 0.0267. The maximum atomic E-state index is 14.0. The Balaban J connectivity index is 0.922. The Labute approximate surface area is 297 Å². The predicted molar refractivity (Wildman–Crippen MR) is 191 cm³/mol. The summed E-state index contributed by atoms with van der Waals surface area (Å²) in [6.07, 6.45) is 13.4. The highest BCUT2D eigenvalue weighted by atomic mass is 16.6. The predicted octanol–water partition coefficient (Wildman–Crippen LogP) is 6.19. The Morgan fingerprint density at radius 3 is 2.46 bits per heavy atom. The van der Waals surface area contributed by atoms with Crippen molar-refractivity contribution in [1.29, 1.82) is 0 Å². The number of allylic oxidation sites excluding steroid dienone is 4. The van der Waals surface area contributed by atoms with Gasteiger partial charge in [0, 0.05) is 36.2 Å². The number of fused-ring (bicyclic) bond motifs is 7. The van der Waals surface area contributed by atoms with Crippen molar-refractivity contribution in [2.45, 2.75) is 110 Å². The highest BCUT2D eigenvalue weighted by molar-refractivity contribution is 6.01. The molecule has 270 valence electrons. The zero-order valence-electron chi connectivity index (χ0n) is 30.5. The van der Waals surface area contributed by atoms with Crippen LogP contribution in [0.5, 0.6) is 0 Å². The van der Waals surface area contributed by atoms with Gasteiger partial charge in [-0.1, -0.05) is 37.6 Å². The number of rotatable bonds is 6. The lowest BCUT2D eigenvalue weighted by molar-refractivity contribution is -0.157. The second-order valence-corrected chi connectivity index (χ2v) is 19.0. The number of anilines is 1. The standard InChI is InChI=1S/C42H56N2O6/c1-38(2,3)50-37(49)43-29-19-41(20-29)17-26(18-41)14-25-6-9-30(10-7-25)44-22-28-16-33-32-11-8-27-15-31(46)12-13-39(27,4)36(32)34(47)21-40(33,5)42(28,24-44)35(48)23-45/h6-7,9-10,12-13,15,26,28-29,32-34,36,45,47H,8,11,14,16-24H2,1-5H3,(H,43,49)/t26?,28-,29?,32-,33-,34-,36+,39-,40-,41?,42+/m0/s1. The van der Waals surface area contributed by atoms with Gasteiger partial charge in [-0.25, -0.2) is 4.79 Å². The summed E-state index contributed by atoms with van der Waals surface area (Å²) in [5, 5.41) is 25.4. The molecule has 8 atom stereocenters. The summed E-state index contributed by atoms with van der Waals surface area (Å²) in [5.41, 5.74) is 2.05. The molecule has 1 spiro atoms. The van der Waals surface area contributed by atoms with E-state index in [9.17, 15) is 24.6 Å². The number of ketones is 2. The summed E-state index contributed by atoms with van der Waals surface area (Å²) in [6, 6.07) is 9.14. The van der Waals surface area contributed by atoms with E-state index in [0.29, 0.717) is 24.3 Å². The number of alkyl carbamates (subject to hydrolysis) is 1. The molecule has 1 aromatic rings. The Hall–Kier alpha value is -2.97. The Kier molecular flexibility index (Phi) is 7.86. The van der Waals surface area contributed by atoms with Crippen LogP contribution in [0, 0.1) is 51.2 Å². The van der Waals surface area contributed by atoms with Gasteiger partial charge in [0.05, 0.1) is 11.5 Å². The lowest BCUT2D eigenvalue weighted by Crippen LogP contribution is -2.60. The van der Waals surface area contributed by atoms with Gasteiger partial charge in [0.2, 0.25) is 0 Å². The number of carbonyl (C=O) groups is 3. The van der Waals surface area contributed by atoms with Crippen LogP contribution in [0.15, 0.2) is 48.1 Å². The van der Waals surface area contributed by atoms with Crippen molar-refractivity contribution in [2.75, 3.05) is 24.6 Å². The molecule has 0 aromatic heterocycles. The summed E-state index contributed by atoms with van der Waals surface area (Å²) in [5.74, 6) is 1.34. The van der Waals surface area contributed by atoms with E-state index in [2.05, 4.69) is 48.3 Å². The van der Waals surface area contributed by atoms with Crippen LogP contribution in [0.4, 0.5) is 10.5 Å². The third-order valence-electron chi connectivity index (χ3n) is 15.0. The number of ether oxygens (including phenoxy) is 1. The average molecular weight is 685 g/mol. The van der Waals surface area contributed by atoms with Crippen LogP contribution in [0.3, 0.4) is 0 Å². The molecule has 1 amide bonds. The van der Waals surface area contributed by atoms with Crippen molar-refractivity contribution in [3.63, 3.8) is 0 Å². The van der Waals surface area contributed by atoms with Crippen LogP contribution in [0.2, 0.25) is 0 Å². The second kappa shape index (κ2) is 11.5. The summed E-state index contributed by atoms with van der Waals surface area (Å²) in [6.45, 7) is 11.0. The van der Waals surface area contributed by atoms with Crippen LogP contribution >= 0.6 is 0 Å². The number of aliphatic hydroxyl groups is 2. The van der Waals surface area contributed by atoms with E-state index in [1.165, 1.54) is 18.4 Å². The van der Waals surface area contributed by atoms with Crippen LogP contribution in [0.1, 0.15) is 91.5 Å². The third kappa shape index (κ3) is 5.16. The number of aliphatic hydroxyl groups excluding tert-OH is 2. The molecular formula is C42H56N2O6. The van der Waals surface area contributed by atoms with Crippen LogP contribution in [0.25, 0.3) is 0 Å². The molecule has 8 rings (SSSR count). The molecule has 50 heavy (non-hydrogen) atoms. The maximum Gasteiger partial charge on any atom is 0.407 e. The molecule has 1 heterocycles. The fraction of sp³-hybridized carbons (Fsp3) is 0.690. The number of hydrogen-bond acceptors (Lipinski definition) is 7. The van der Waals surface area contributed by atoms with Crippen LogP contribution in [-0.2, 0) is 20.7 Å². The molecular weight excluding hydrogens is 628 g/mol. The summed E-state index contributed by atoms with van der Waals surface area (Å²) in [7, 11) is 0. The fourth-order valence-corrected chi connectivity index (χ4v) is 13.1. The monoisotopic (exact) mass is 684 g/mol. The van der Waals surface area contributed by atoms with Gasteiger partial charge in [-0.05, 0) is 143 Å². The molecule has 1 aromatic carbocycles. The Morgan fingerprint density at radius 1 is 1.06 bits per heavy atom.